The second-order valence-corrected chi connectivity index (χ2v) is 7.08. The maximum Gasteiger partial charge on any atom is 0.345 e. The lowest BCUT2D eigenvalue weighted by molar-refractivity contribution is -0.129. The highest BCUT2D eigenvalue weighted by Crippen LogP contribution is 2.24. The summed E-state index contributed by atoms with van der Waals surface area (Å²) < 4.78 is 45.8. The number of ether oxygens (including phenoxy) is 1. The van der Waals surface area contributed by atoms with Gasteiger partial charge < -0.3 is 4.74 Å². The SMILES string of the molecule is O=c1c2cc(F)c(-c3nc4ccccn4n3)cc2ncn1CCCCCCOC(F)F. The van der Waals surface area contributed by atoms with E-state index in [4.69, 9.17) is 0 Å². The predicted molar refractivity (Wildman–Crippen MR) is 108 cm³/mol. The summed E-state index contributed by atoms with van der Waals surface area (Å²) in [6, 6.07) is 8.02. The van der Waals surface area contributed by atoms with Gasteiger partial charge in [0.1, 0.15) is 5.82 Å². The minimum atomic E-state index is -2.74. The molecule has 0 amide bonds. The number of hydrogen-bond acceptors (Lipinski definition) is 5. The summed E-state index contributed by atoms with van der Waals surface area (Å²) in [6.45, 7) is -2.32. The Hall–Kier alpha value is -3.27. The lowest BCUT2D eigenvalue weighted by atomic mass is 10.1. The Morgan fingerprint density at radius 3 is 2.74 bits per heavy atom. The number of rotatable bonds is 9. The van der Waals surface area contributed by atoms with E-state index in [1.165, 1.54) is 23.0 Å². The minimum absolute atomic E-state index is 0.0118. The molecule has 0 fully saturated rings. The highest BCUT2D eigenvalue weighted by atomic mass is 19.3. The Balaban J connectivity index is 1.48. The molecule has 162 valence electrons. The van der Waals surface area contributed by atoms with E-state index >= 15 is 0 Å². The number of benzene rings is 1. The summed E-state index contributed by atoms with van der Waals surface area (Å²) in [5, 5.41) is 4.45. The first-order chi connectivity index (χ1) is 15.0. The third-order valence-corrected chi connectivity index (χ3v) is 4.93. The van der Waals surface area contributed by atoms with Crippen molar-refractivity contribution in [1.82, 2.24) is 24.1 Å². The topological polar surface area (TPSA) is 74.3 Å². The van der Waals surface area contributed by atoms with Gasteiger partial charge in [0.25, 0.3) is 5.56 Å². The van der Waals surface area contributed by atoms with Gasteiger partial charge in [-0.15, -0.1) is 5.10 Å². The molecular weight excluding hydrogens is 411 g/mol. The second kappa shape index (κ2) is 9.25. The zero-order chi connectivity index (χ0) is 21.8. The molecule has 1 aromatic carbocycles. The fourth-order valence-corrected chi connectivity index (χ4v) is 3.37. The molecule has 0 spiro atoms. The Morgan fingerprint density at radius 2 is 1.94 bits per heavy atom. The highest BCUT2D eigenvalue weighted by molar-refractivity contribution is 5.82. The molecule has 0 aliphatic carbocycles. The average molecular weight is 431 g/mol. The summed E-state index contributed by atoms with van der Waals surface area (Å²) in [4.78, 5) is 21.4. The highest BCUT2D eigenvalue weighted by Gasteiger charge is 2.15. The van der Waals surface area contributed by atoms with Crippen LogP contribution in [0.25, 0.3) is 27.9 Å². The minimum Gasteiger partial charge on any atom is -0.323 e. The van der Waals surface area contributed by atoms with Crippen LogP contribution in [0.1, 0.15) is 25.7 Å². The molecule has 31 heavy (non-hydrogen) atoms. The molecule has 3 aromatic heterocycles. The lowest BCUT2D eigenvalue weighted by Crippen LogP contribution is -2.21. The Labute approximate surface area is 175 Å². The van der Waals surface area contributed by atoms with Gasteiger partial charge in [0.2, 0.25) is 0 Å². The van der Waals surface area contributed by atoms with Gasteiger partial charge in [-0.1, -0.05) is 18.9 Å². The van der Waals surface area contributed by atoms with Crippen molar-refractivity contribution >= 4 is 16.6 Å². The monoisotopic (exact) mass is 431 g/mol. The molecular formula is C21H20F3N5O2. The van der Waals surface area contributed by atoms with Gasteiger partial charge in [-0.05, 0) is 37.1 Å². The quantitative estimate of drug-likeness (QED) is 0.374. The third kappa shape index (κ3) is 4.74. The van der Waals surface area contributed by atoms with E-state index in [0.717, 1.165) is 6.42 Å². The smallest absolute Gasteiger partial charge is 0.323 e. The molecule has 0 radical (unpaired) electrons. The number of halogens is 3. The van der Waals surface area contributed by atoms with Crippen molar-refractivity contribution in [2.75, 3.05) is 6.61 Å². The molecule has 4 aromatic rings. The predicted octanol–water partition coefficient (Wildman–Crippen LogP) is 4.04. The first-order valence-electron chi connectivity index (χ1n) is 9.93. The van der Waals surface area contributed by atoms with E-state index < -0.39 is 12.4 Å². The zero-order valence-corrected chi connectivity index (χ0v) is 16.5. The van der Waals surface area contributed by atoms with Crippen LogP contribution >= 0.6 is 0 Å². The van der Waals surface area contributed by atoms with Crippen molar-refractivity contribution in [2.24, 2.45) is 0 Å². The Morgan fingerprint density at radius 1 is 1.10 bits per heavy atom. The average Bonchev–Trinajstić information content (AvgIpc) is 3.18. The van der Waals surface area contributed by atoms with Gasteiger partial charge in [0.05, 0.1) is 29.4 Å². The van der Waals surface area contributed by atoms with Crippen molar-refractivity contribution in [1.29, 1.82) is 0 Å². The molecule has 4 rings (SSSR count). The van der Waals surface area contributed by atoms with E-state index in [1.54, 1.807) is 22.8 Å². The number of fused-ring (bicyclic) bond motifs is 2. The van der Waals surface area contributed by atoms with Gasteiger partial charge in [-0.2, -0.15) is 8.78 Å². The Kier molecular flexibility index (Phi) is 6.26. The first-order valence-corrected chi connectivity index (χ1v) is 9.93. The van der Waals surface area contributed by atoms with Crippen LogP contribution in [-0.4, -0.2) is 37.4 Å². The van der Waals surface area contributed by atoms with E-state index in [9.17, 15) is 18.0 Å². The fraction of sp³-hybridized carbons (Fsp3) is 0.333. The van der Waals surface area contributed by atoms with Crippen LogP contribution in [0.5, 0.6) is 0 Å². The van der Waals surface area contributed by atoms with Crippen LogP contribution < -0.4 is 5.56 Å². The van der Waals surface area contributed by atoms with Gasteiger partial charge in [-0.25, -0.2) is 18.9 Å². The summed E-state index contributed by atoms with van der Waals surface area (Å²) in [6.07, 6.45) is 5.82. The number of alkyl halides is 2. The van der Waals surface area contributed by atoms with Crippen LogP contribution in [0, 0.1) is 5.82 Å². The van der Waals surface area contributed by atoms with Crippen molar-refractivity contribution < 1.29 is 17.9 Å². The number of pyridine rings is 1. The number of aryl methyl sites for hydroxylation is 1. The molecule has 0 N–H and O–H groups in total. The molecule has 10 heteroatoms. The molecule has 0 saturated carbocycles. The molecule has 0 atom stereocenters. The molecule has 3 heterocycles. The van der Waals surface area contributed by atoms with Gasteiger partial charge in [-0.3, -0.25) is 9.36 Å². The van der Waals surface area contributed by atoms with Crippen LogP contribution in [0.3, 0.4) is 0 Å². The van der Waals surface area contributed by atoms with Crippen molar-refractivity contribution in [3.05, 3.63) is 59.0 Å². The first kappa shape index (κ1) is 21.0. The summed E-state index contributed by atoms with van der Waals surface area (Å²) >= 11 is 0. The number of unbranched alkanes of at least 4 members (excludes halogenated alkanes) is 3. The largest absolute Gasteiger partial charge is 0.345 e. The molecule has 7 nitrogen and oxygen atoms in total. The zero-order valence-electron chi connectivity index (χ0n) is 16.5. The van der Waals surface area contributed by atoms with Crippen molar-refractivity contribution in [3.63, 3.8) is 0 Å². The van der Waals surface area contributed by atoms with Crippen LogP contribution in [-0.2, 0) is 11.3 Å². The summed E-state index contributed by atoms with van der Waals surface area (Å²) in [7, 11) is 0. The second-order valence-electron chi connectivity index (χ2n) is 7.08. The number of aromatic nitrogens is 5. The standard InChI is InChI=1S/C21H20F3N5O2/c22-16-11-15-17(12-14(16)19-26-18-7-3-5-9-29(18)27-19)25-13-28(20(15)30)8-4-1-2-6-10-31-21(23)24/h3,5,7,9,11-13,21H,1-2,4,6,8,10H2. The molecule has 0 bridgehead atoms. The van der Waals surface area contributed by atoms with E-state index in [0.29, 0.717) is 37.0 Å². The Bertz CT molecular complexity index is 1220. The molecule has 0 aliphatic heterocycles. The molecule has 0 unspecified atom stereocenters. The molecule has 0 saturated heterocycles. The summed E-state index contributed by atoms with van der Waals surface area (Å²) in [5.41, 5.74) is 0.785. The van der Waals surface area contributed by atoms with Gasteiger partial charge >= 0.3 is 6.61 Å². The number of hydrogen-bond donors (Lipinski definition) is 0. The summed E-state index contributed by atoms with van der Waals surface area (Å²) in [5.74, 6) is -0.383. The van der Waals surface area contributed by atoms with Gasteiger partial charge in [0.15, 0.2) is 11.5 Å². The van der Waals surface area contributed by atoms with Crippen LogP contribution in [0.4, 0.5) is 13.2 Å². The molecule has 0 aliphatic rings. The van der Waals surface area contributed by atoms with Crippen LogP contribution in [0.15, 0.2) is 47.7 Å². The third-order valence-electron chi connectivity index (χ3n) is 4.93. The fourth-order valence-electron chi connectivity index (χ4n) is 3.37. The van der Waals surface area contributed by atoms with Gasteiger partial charge in [0, 0.05) is 12.7 Å². The van der Waals surface area contributed by atoms with E-state index in [-0.39, 0.29) is 28.9 Å². The van der Waals surface area contributed by atoms with E-state index in [1.807, 2.05) is 6.07 Å². The maximum atomic E-state index is 14.8. The van der Waals surface area contributed by atoms with E-state index in [2.05, 4.69) is 19.8 Å². The lowest BCUT2D eigenvalue weighted by Gasteiger charge is -2.08. The number of nitrogens with zero attached hydrogens (tertiary/aromatic N) is 5. The van der Waals surface area contributed by atoms with Crippen molar-refractivity contribution in [2.45, 2.75) is 38.8 Å². The maximum absolute atomic E-state index is 14.8. The normalized spacial score (nSPS) is 11.7. The van der Waals surface area contributed by atoms with Crippen molar-refractivity contribution in [3.8, 4) is 11.4 Å². The van der Waals surface area contributed by atoms with Crippen LogP contribution in [0.2, 0.25) is 0 Å².